The van der Waals surface area contributed by atoms with Gasteiger partial charge in [0.1, 0.15) is 11.4 Å². The molecule has 3 aromatic heterocycles. The number of nitrogens with zero attached hydrogens (tertiary/aromatic N) is 3. The van der Waals surface area contributed by atoms with Crippen molar-refractivity contribution < 1.29 is 4.79 Å². The summed E-state index contributed by atoms with van der Waals surface area (Å²) in [6, 6.07) is 19.6. The zero-order valence-electron chi connectivity index (χ0n) is 18.5. The summed E-state index contributed by atoms with van der Waals surface area (Å²) in [6.45, 7) is 4.10. The summed E-state index contributed by atoms with van der Waals surface area (Å²) in [4.78, 5) is 26.5. The molecule has 7 heteroatoms. The SMILES string of the molecule is Cc1ccc(N(C)C(=O)Nc2ccc3nc(-c4cccs4)c(-c4cccs4)nc3c2)cc1C. The number of aryl methyl sites for hydroxylation is 2. The number of aromatic nitrogens is 2. The van der Waals surface area contributed by atoms with Crippen molar-refractivity contribution in [1.82, 2.24) is 9.97 Å². The van der Waals surface area contributed by atoms with Crippen LogP contribution >= 0.6 is 22.7 Å². The highest BCUT2D eigenvalue weighted by Gasteiger charge is 2.16. The molecule has 5 nitrogen and oxygen atoms in total. The van der Waals surface area contributed by atoms with E-state index < -0.39 is 0 Å². The van der Waals surface area contributed by atoms with Crippen LogP contribution in [0.2, 0.25) is 0 Å². The Hall–Kier alpha value is -3.55. The quantitative estimate of drug-likeness (QED) is 0.298. The molecule has 3 heterocycles. The molecule has 0 unspecified atom stereocenters. The van der Waals surface area contributed by atoms with Crippen molar-refractivity contribution in [3.8, 4) is 21.1 Å². The van der Waals surface area contributed by atoms with Crippen LogP contribution in [0.5, 0.6) is 0 Å². The molecule has 0 bridgehead atoms. The van der Waals surface area contributed by atoms with Crippen molar-refractivity contribution in [2.75, 3.05) is 17.3 Å². The van der Waals surface area contributed by atoms with Gasteiger partial charge in [-0.1, -0.05) is 18.2 Å². The monoisotopic (exact) mass is 470 g/mol. The second-order valence-electron chi connectivity index (χ2n) is 7.84. The minimum atomic E-state index is -0.209. The molecule has 0 aliphatic rings. The third kappa shape index (κ3) is 4.25. The van der Waals surface area contributed by atoms with E-state index in [1.165, 1.54) is 5.56 Å². The molecule has 0 aliphatic carbocycles. The molecule has 0 radical (unpaired) electrons. The first-order valence-electron chi connectivity index (χ1n) is 10.5. The standard InChI is InChI=1S/C26H22N4OS2/c1-16-8-10-19(14-17(16)2)30(3)26(31)27-18-9-11-20-21(15-18)29-25(23-7-5-13-33-23)24(28-20)22-6-4-12-32-22/h4-15H,1-3H3,(H,27,31). The van der Waals surface area contributed by atoms with E-state index in [1.807, 2.05) is 66.2 Å². The number of carbonyl (C=O) groups is 1. The Morgan fingerprint density at radius 1 is 0.818 bits per heavy atom. The molecule has 0 saturated carbocycles. The maximum atomic E-state index is 12.9. The van der Waals surface area contributed by atoms with E-state index in [0.29, 0.717) is 5.69 Å². The highest BCUT2D eigenvalue weighted by atomic mass is 32.1. The number of urea groups is 1. The average Bonchev–Trinajstić information content (AvgIpc) is 3.54. The van der Waals surface area contributed by atoms with E-state index in [-0.39, 0.29) is 6.03 Å². The summed E-state index contributed by atoms with van der Waals surface area (Å²) >= 11 is 3.29. The Bertz CT molecular complexity index is 1440. The van der Waals surface area contributed by atoms with Crippen molar-refractivity contribution in [2.45, 2.75) is 13.8 Å². The number of carbonyl (C=O) groups excluding carboxylic acids is 1. The molecule has 1 N–H and O–H groups in total. The van der Waals surface area contributed by atoms with Crippen molar-refractivity contribution in [2.24, 2.45) is 0 Å². The minimum absolute atomic E-state index is 0.209. The summed E-state index contributed by atoms with van der Waals surface area (Å²) in [5, 5.41) is 7.07. The lowest BCUT2D eigenvalue weighted by molar-refractivity contribution is 0.258. The number of anilines is 2. The lowest BCUT2D eigenvalue weighted by atomic mass is 10.1. The third-order valence-corrected chi connectivity index (χ3v) is 7.36. The average molecular weight is 471 g/mol. The van der Waals surface area contributed by atoms with Crippen LogP contribution in [0.15, 0.2) is 71.4 Å². The molecule has 33 heavy (non-hydrogen) atoms. The summed E-state index contributed by atoms with van der Waals surface area (Å²) in [5.74, 6) is 0. The smallest absolute Gasteiger partial charge is 0.307 e. The van der Waals surface area contributed by atoms with Gasteiger partial charge in [0.25, 0.3) is 0 Å². The molecule has 0 fully saturated rings. The lowest BCUT2D eigenvalue weighted by Crippen LogP contribution is -2.31. The number of thiophene rings is 2. The van der Waals surface area contributed by atoms with E-state index in [4.69, 9.17) is 9.97 Å². The zero-order valence-corrected chi connectivity index (χ0v) is 20.1. The number of fused-ring (bicyclic) bond motifs is 1. The van der Waals surface area contributed by atoms with Gasteiger partial charge in [-0.2, -0.15) is 0 Å². The van der Waals surface area contributed by atoms with Crippen LogP contribution in [0, 0.1) is 13.8 Å². The van der Waals surface area contributed by atoms with Crippen LogP contribution in [-0.2, 0) is 0 Å². The summed E-state index contributed by atoms with van der Waals surface area (Å²) < 4.78 is 0. The van der Waals surface area contributed by atoms with Crippen molar-refractivity contribution in [1.29, 1.82) is 0 Å². The van der Waals surface area contributed by atoms with Crippen LogP contribution < -0.4 is 10.2 Å². The Morgan fingerprint density at radius 3 is 2.09 bits per heavy atom. The fourth-order valence-corrected chi connectivity index (χ4v) is 4.99. The van der Waals surface area contributed by atoms with Crippen LogP contribution in [-0.4, -0.2) is 23.0 Å². The second-order valence-corrected chi connectivity index (χ2v) is 9.73. The largest absolute Gasteiger partial charge is 0.326 e. The number of nitrogens with one attached hydrogen (secondary N) is 1. The molecule has 0 aliphatic heterocycles. The second kappa shape index (κ2) is 8.77. The fourth-order valence-electron chi connectivity index (χ4n) is 3.56. The van der Waals surface area contributed by atoms with Crippen LogP contribution in [0.4, 0.5) is 16.2 Å². The normalized spacial score (nSPS) is 11.0. The van der Waals surface area contributed by atoms with E-state index in [2.05, 4.69) is 24.4 Å². The predicted octanol–water partition coefficient (Wildman–Crippen LogP) is 7.37. The Labute approximate surface area is 200 Å². The maximum Gasteiger partial charge on any atom is 0.326 e. The highest BCUT2D eigenvalue weighted by molar-refractivity contribution is 7.14. The predicted molar refractivity (Wildman–Crippen MR) is 140 cm³/mol. The maximum absolute atomic E-state index is 12.9. The summed E-state index contributed by atoms with van der Waals surface area (Å²) in [6.07, 6.45) is 0. The third-order valence-electron chi connectivity index (χ3n) is 5.61. The van der Waals surface area contributed by atoms with Gasteiger partial charge in [-0.15, -0.1) is 22.7 Å². The van der Waals surface area contributed by atoms with Gasteiger partial charge in [0.2, 0.25) is 0 Å². The first kappa shape index (κ1) is 21.3. The van der Waals surface area contributed by atoms with E-state index in [9.17, 15) is 4.79 Å². The molecule has 5 aromatic rings. The number of hydrogen-bond donors (Lipinski definition) is 1. The molecular weight excluding hydrogens is 448 g/mol. The van der Waals surface area contributed by atoms with E-state index >= 15 is 0 Å². The van der Waals surface area contributed by atoms with Gasteiger partial charge >= 0.3 is 6.03 Å². The van der Waals surface area contributed by atoms with Crippen LogP contribution in [0.3, 0.4) is 0 Å². The molecule has 2 amide bonds. The zero-order chi connectivity index (χ0) is 22.9. The number of hydrogen-bond acceptors (Lipinski definition) is 5. The van der Waals surface area contributed by atoms with Gasteiger partial charge in [-0.05, 0) is 78.2 Å². The number of benzene rings is 2. The molecule has 2 aromatic carbocycles. The topological polar surface area (TPSA) is 58.1 Å². The van der Waals surface area contributed by atoms with Crippen molar-refractivity contribution in [3.05, 3.63) is 82.6 Å². The van der Waals surface area contributed by atoms with Gasteiger partial charge in [0.15, 0.2) is 0 Å². The summed E-state index contributed by atoms with van der Waals surface area (Å²) in [5.41, 5.74) is 7.14. The lowest BCUT2D eigenvalue weighted by Gasteiger charge is -2.19. The molecule has 0 saturated heterocycles. The number of amides is 2. The van der Waals surface area contributed by atoms with Gasteiger partial charge in [0, 0.05) is 18.4 Å². The fraction of sp³-hybridized carbons (Fsp3) is 0.115. The van der Waals surface area contributed by atoms with Gasteiger partial charge in [-0.3, -0.25) is 4.90 Å². The minimum Gasteiger partial charge on any atom is -0.307 e. The molecule has 0 atom stereocenters. The van der Waals surface area contributed by atoms with Gasteiger partial charge in [-0.25, -0.2) is 14.8 Å². The number of rotatable bonds is 4. The van der Waals surface area contributed by atoms with Crippen LogP contribution in [0.25, 0.3) is 32.2 Å². The molecular formula is C26H22N4OS2. The van der Waals surface area contributed by atoms with Gasteiger partial charge < -0.3 is 5.32 Å². The molecule has 164 valence electrons. The summed E-state index contributed by atoms with van der Waals surface area (Å²) in [7, 11) is 1.77. The molecule has 0 spiro atoms. The Kier molecular flexibility index (Phi) is 5.66. The van der Waals surface area contributed by atoms with E-state index in [1.54, 1.807) is 34.6 Å². The highest BCUT2D eigenvalue weighted by Crippen LogP contribution is 2.35. The Balaban J connectivity index is 1.48. The first-order chi connectivity index (χ1) is 16.0. The van der Waals surface area contributed by atoms with Crippen molar-refractivity contribution >= 4 is 51.1 Å². The molecule has 5 rings (SSSR count). The Morgan fingerprint density at radius 2 is 1.48 bits per heavy atom. The van der Waals surface area contributed by atoms with Crippen molar-refractivity contribution in [3.63, 3.8) is 0 Å². The van der Waals surface area contributed by atoms with Crippen LogP contribution in [0.1, 0.15) is 11.1 Å². The van der Waals surface area contributed by atoms with E-state index in [0.717, 1.165) is 43.4 Å². The van der Waals surface area contributed by atoms with Gasteiger partial charge in [0.05, 0.1) is 20.8 Å². The first-order valence-corrected chi connectivity index (χ1v) is 12.3.